The molecule has 0 aromatic heterocycles. The normalized spacial score (nSPS) is 13.2. The maximum absolute atomic E-state index is 12.2. The zero-order chi connectivity index (χ0) is 16.0. The largest absolute Gasteiger partial charge is 0.478 e. The molecule has 0 saturated heterocycles. The molecule has 21 heavy (non-hydrogen) atoms. The maximum Gasteiger partial charge on any atom is 0.332 e. The zero-order valence-electron chi connectivity index (χ0n) is 12.0. The van der Waals surface area contributed by atoms with Crippen molar-refractivity contribution in [2.24, 2.45) is 0 Å². The molecule has 0 heterocycles. The fourth-order valence-electron chi connectivity index (χ4n) is 2.06. The monoisotopic (exact) mass is 290 g/mol. The van der Waals surface area contributed by atoms with E-state index >= 15 is 0 Å². The molecule has 0 radical (unpaired) electrons. The van der Waals surface area contributed by atoms with E-state index in [1.165, 1.54) is 0 Å². The van der Waals surface area contributed by atoms with Crippen molar-refractivity contribution in [3.05, 3.63) is 47.0 Å². The van der Waals surface area contributed by atoms with Crippen molar-refractivity contribution >= 4 is 17.7 Å². The molecule has 0 aliphatic carbocycles. The molecule has 112 valence electrons. The van der Waals surface area contributed by atoms with Crippen LogP contribution in [0, 0.1) is 0 Å². The lowest BCUT2D eigenvalue weighted by Crippen LogP contribution is -2.17. The Bertz CT molecular complexity index is 572. The molecule has 0 bridgehead atoms. The molecule has 1 aromatic carbocycles. The number of ketones is 1. The highest BCUT2D eigenvalue weighted by atomic mass is 16.4. The first kappa shape index (κ1) is 16.6. The lowest BCUT2D eigenvalue weighted by molar-refractivity contribution is -0.136. The Morgan fingerprint density at radius 1 is 1.00 bits per heavy atom. The fraction of sp³-hybridized carbons (Fsp3) is 0.312. The second-order valence-electron chi connectivity index (χ2n) is 4.70. The van der Waals surface area contributed by atoms with Gasteiger partial charge in [-0.05, 0) is 12.0 Å². The van der Waals surface area contributed by atoms with E-state index in [2.05, 4.69) is 0 Å². The predicted octanol–water partition coefficient (Wildman–Crippen LogP) is 2.63. The van der Waals surface area contributed by atoms with Gasteiger partial charge in [-0.3, -0.25) is 4.79 Å². The Labute approximate surface area is 122 Å². The third-order valence-electron chi connectivity index (χ3n) is 3.37. The molecule has 0 fully saturated rings. The summed E-state index contributed by atoms with van der Waals surface area (Å²) < 4.78 is 0. The summed E-state index contributed by atoms with van der Waals surface area (Å²) in [4.78, 5) is 34.5. The van der Waals surface area contributed by atoms with Crippen LogP contribution in [0.3, 0.4) is 0 Å². The molecule has 1 unspecified atom stereocenters. The number of hydrogen-bond acceptors (Lipinski definition) is 3. The molecule has 0 aliphatic heterocycles. The van der Waals surface area contributed by atoms with Gasteiger partial charge >= 0.3 is 11.9 Å². The van der Waals surface area contributed by atoms with Crippen molar-refractivity contribution in [1.29, 1.82) is 0 Å². The van der Waals surface area contributed by atoms with Crippen molar-refractivity contribution in [3.8, 4) is 0 Å². The van der Waals surface area contributed by atoms with Crippen LogP contribution >= 0.6 is 0 Å². The number of carboxylic acid groups (broad SMARTS) is 2. The van der Waals surface area contributed by atoms with Gasteiger partial charge in [0.1, 0.15) is 5.78 Å². The van der Waals surface area contributed by atoms with E-state index in [4.69, 9.17) is 10.2 Å². The molecular formula is C16H18O5. The number of carbonyl (C=O) groups excluding carboxylic acids is 1. The smallest absolute Gasteiger partial charge is 0.332 e. The quantitative estimate of drug-likeness (QED) is 0.753. The average Bonchev–Trinajstić information content (AvgIpc) is 2.46. The van der Waals surface area contributed by atoms with E-state index in [-0.39, 0.29) is 29.8 Å². The van der Waals surface area contributed by atoms with Crippen molar-refractivity contribution in [3.63, 3.8) is 0 Å². The van der Waals surface area contributed by atoms with Crippen molar-refractivity contribution in [2.45, 2.75) is 32.6 Å². The molecule has 5 nitrogen and oxygen atoms in total. The van der Waals surface area contributed by atoms with Crippen LogP contribution in [0.5, 0.6) is 0 Å². The van der Waals surface area contributed by atoms with E-state index in [1.807, 2.05) is 6.07 Å². The van der Waals surface area contributed by atoms with Crippen LogP contribution in [0.4, 0.5) is 0 Å². The Morgan fingerprint density at radius 2 is 1.52 bits per heavy atom. The second kappa shape index (κ2) is 7.38. The SMILES string of the molecule is CC/C(C(=O)O)=C(/CC(=O)C(C)c1ccccc1)C(=O)O. The second-order valence-corrected chi connectivity index (χ2v) is 4.70. The van der Waals surface area contributed by atoms with Crippen LogP contribution in [0.15, 0.2) is 41.5 Å². The summed E-state index contributed by atoms with van der Waals surface area (Å²) in [5, 5.41) is 18.2. The highest BCUT2D eigenvalue weighted by Crippen LogP contribution is 2.22. The van der Waals surface area contributed by atoms with Gasteiger partial charge in [0.25, 0.3) is 0 Å². The fourth-order valence-corrected chi connectivity index (χ4v) is 2.06. The van der Waals surface area contributed by atoms with Crippen LogP contribution in [0.25, 0.3) is 0 Å². The van der Waals surface area contributed by atoms with E-state index < -0.39 is 17.9 Å². The molecule has 1 rings (SSSR count). The van der Waals surface area contributed by atoms with Gasteiger partial charge in [0.2, 0.25) is 0 Å². The summed E-state index contributed by atoms with van der Waals surface area (Å²) in [7, 11) is 0. The van der Waals surface area contributed by atoms with E-state index in [1.54, 1.807) is 38.1 Å². The summed E-state index contributed by atoms with van der Waals surface area (Å²) in [6, 6.07) is 8.97. The van der Waals surface area contributed by atoms with Gasteiger partial charge in [-0.15, -0.1) is 0 Å². The lowest BCUT2D eigenvalue weighted by Gasteiger charge is -2.12. The molecule has 0 amide bonds. The third-order valence-corrected chi connectivity index (χ3v) is 3.37. The molecule has 0 aliphatic rings. The van der Waals surface area contributed by atoms with Crippen LogP contribution in [-0.4, -0.2) is 27.9 Å². The number of carboxylic acids is 2. The molecule has 2 N–H and O–H groups in total. The summed E-state index contributed by atoms with van der Waals surface area (Å²) in [5.74, 6) is -3.45. The molecule has 0 saturated carbocycles. The van der Waals surface area contributed by atoms with Gasteiger partial charge in [0.05, 0.1) is 5.57 Å². The zero-order valence-corrected chi connectivity index (χ0v) is 12.0. The van der Waals surface area contributed by atoms with Crippen LogP contribution < -0.4 is 0 Å². The molecule has 1 atom stereocenters. The van der Waals surface area contributed by atoms with Crippen molar-refractivity contribution in [2.75, 3.05) is 0 Å². The first-order valence-corrected chi connectivity index (χ1v) is 6.64. The standard InChI is InChI=1S/C16H18O5/c1-3-12(15(18)19)13(16(20)21)9-14(17)10(2)11-7-5-4-6-8-11/h4-8,10H,3,9H2,1-2H3,(H,18,19)(H,20,21)/b13-12+. The highest BCUT2D eigenvalue weighted by Gasteiger charge is 2.24. The average molecular weight is 290 g/mol. The van der Waals surface area contributed by atoms with Gasteiger partial charge < -0.3 is 10.2 Å². The van der Waals surface area contributed by atoms with E-state index in [9.17, 15) is 14.4 Å². The van der Waals surface area contributed by atoms with Crippen LogP contribution in [0.1, 0.15) is 38.2 Å². The number of carbonyl (C=O) groups is 3. The number of Topliss-reactive ketones (excluding diaryl/α,β-unsaturated/α-hetero) is 1. The molecule has 0 spiro atoms. The minimum absolute atomic E-state index is 0.0595. The van der Waals surface area contributed by atoms with E-state index in [0.29, 0.717) is 0 Å². The van der Waals surface area contributed by atoms with Gasteiger partial charge in [0.15, 0.2) is 0 Å². The summed E-state index contributed by atoms with van der Waals surface area (Å²) in [5.41, 5.74) is 0.217. The first-order valence-electron chi connectivity index (χ1n) is 6.64. The minimum atomic E-state index is -1.36. The highest BCUT2D eigenvalue weighted by molar-refractivity contribution is 6.03. The number of hydrogen-bond donors (Lipinski definition) is 2. The Morgan fingerprint density at radius 3 is 1.95 bits per heavy atom. The minimum Gasteiger partial charge on any atom is -0.478 e. The van der Waals surface area contributed by atoms with Crippen molar-refractivity contribution in [1.82, 2.24) is 0 Å². The molecule has 1 aromatic rings. The van der Waals surface area contributed by atoms with Gasteiger partial charge in [-0.2, -0.15) is 0 Å². The summed E-state index contributed by atoms with van der Waals surface area (Å²) in [6.45, 7) is 3.24. The van der Waals surface area contributed by atoms with E-state index in [0.717, 1.165) is 5.56 Å². The van der Waals surface area contributed by atoms with Crippen LogP contribution in [0.2, 0.25) is 0 Å². The Kier molecular flexibility index (Phi) is 5.84. The Balaban J connectivity index is 3.03. The molecular weight excluding hydrogens is 272 g/mol. The van der Waals surface area contributed by atoms with Gasteiger partial charge in [-0.1, -0.05) is 44.2 Å². The number of benzene rings is 1. The topological polar surface area (TPSA) is 91.7 Å². The van der Waals surface area contributed by atoms with Gasteiger partial charge in [0, 0.05) is 17.9 Å². The molecule has 5 heteroatoms. The first-order chi connectivity index (χ1) is 9.88. The summed E-state index contributed by atoms with van der Waals surface area (Å²) >= 11 is 0. The predicted molar refractivity (Wildman–Crippen MR) is 77.1 cm³/mol. The van der Waals surface area contributed by atoms with Gasteiger partial charge in [-0.25, -0.2) is 9.59 Å². The van der Waals surface area contributed by atoms with Crippen molar-refractivity contribution < 1.29 is 24.6 Å². The third kappa shape index (κ3) is 4.27. The number of rotatable bonds is 7. The van der Waals surface area contributed by atoms with Crippen LogP contribution in [-0.2, 0) is 14.4 Å². The number of aliphatic carboxylic acids is 2. The lowest BCUT2D eigenvalue weighted by atomic mass is 9.91. The summed E-state index contributed by atoms with van der Waals surface area (Å²) in [6.07, 6.45) is -0.329. The Hall–Kier alpha value is -2.43. The maximum atomic E-state index is 12.2.